The second-order valence-electron chi connectivity index (χ2n) is 3.52. The van der Waals surface area contributed by atoms with Gasteiger partial charge in [0, 0.05) is 0 Å². The number of aliphatic hydroxyl groups is 1. The van der Waals surface area contributed by atoms with Crippen molar-refractivity contribution in [3.63, 3.8) is 0 Å². The minimum Gasteiger partial charge on any atom is -0.385 e. The SMILES string of the molecule is CCCC(C)CC(O)c1ncn[nH]1. The van der Waals surface area contributed by atoms with Gasteiger partial charge in [-0.3, -0.25) is 5.10 Å². The molecule has 1 rings (SSSR count). The third-order valence-electron chi connectivity index (χ3n) is 2.16. The van der Waals surface area contributed by atoms with Crippen LogP contribution in [-0.4, -0.2) is 20.3 Å². The number of nitrogens with zero attached hydrogens (tertiary/aromatic N) is 2. The van der Waals surface area contributed by atoms with Crippen LogP contribution in [0, 0.1) is 5.92 Å². The van der Waals surface area contributed by atoms with Crippen LogP contribution in [0.1, 0.15) is 45.0 Å². The van der Waals surface area contributed by atoms with Crippen molar-refractivity contribution in [2.24, 2.45) is 5.92 Å². The largest absolute Gasteiger partial charge is 0.385 e. The van der Waals surface area contributed by atoms with E-state index in [1.165, 1.54) is 6.33 Å². The molecule has 13 heavy (non-hydrogen) atoms. The summed E-state index contributed by atoms with van der Waals surface area (Å²) in [4.78, 5) is 3.91. The van der Waals surface area contributed by atoms with E-state index >= 15 is 0 Å². The van der Waals surface area contributed by atoms with Crippen LogP contribution < -0.4 is 0 Å². The number of hydrogen-bond donors (Lipinski definition) is 2. The van der Waals surface area contributed by atoms with Crippen molar-refractivity contribution < 1.29 is 5.11 Å². The molecule has 2 unspecified atom stereocenters. The second kappa shape index (κ2) is 4.97. The van der Waals surface area contributed by atoms with Crippen molar-refractivity contribution in [2.45, 2.75) is 39.2 Å². The smallest absolute Gasteiger partial charge is 0.153 e. The molecule has 2 N–H and O–H groups in total. The Labute approximate surface area is 78.4 Å². The van der Waals surface area contributed by atoms with Gasteiger partial charge in [-0.05, 0) is 12.3 Å². The first-order valence-electron chi connectivity index (χ1n) is 4.77. The van der Waals surface area contributed by atoms with Crippen LogP contribution in [0.15, 0.2) is 6.33 Å². The Morgan fingerprint density at radius 2 is 2.38 bits per heavy atom. The van der Waals surface area contributed by atoms with E-state index in [4.69, 9.17) is 0 Å². The molecule has 1 heterocycles. The molecule has 0 saturated carbocycles. The highest BCUT2D eigenvalue weighted by Crippen LogP contribution is 2.20. The first-order chi connectivity index (χ1) is 6.24. The van der Waals surface area contributed by atoms with Gasteiger partial charge in [0.15, 0.2) is 5.82 Å². The molecule has 2 atom stereocenters. The van der Waals surface area contributed by atoms with Crippen LogP contribution in [0.2, 0.25) is 0 Å². The Bertz CT molecular complexity index is 223. The molecule has 0 bridgehead atoms. The van der Waals surface area contributed by atoms with Crippen molar-refractivity contribution in [2.75, 3.05) is 0 Å². The summed E-state index contributed by atoms with van der Waals surface area (Å²) >= 11 is 0. The Morgan fingerprint density at radius 3 is 2.92 bits per heavy atom. The van der Waals surface area contributed by atoms with Crippen molar-refractivity contribution >= 4 is 0 Å². The fourth-order valence-corrected chi connectivity index (χ4v) is 1.48. The third-order valence-corrected chi connectivity index (χ3v) is 2.16. The van der Waals surface area contributed by atoms with Gasteiger partial charge in [-0.25, -0.2) is 4.98 Å². The van der Waals surface area contributed by atoms with E-state index in [0.29, 0.717) is 11.7 Å². The van der Waals surface area contributed by atoms with Crippen LogP contribution in [0.3, 0.4) is 0 Å². The summed E-state index contributed by atoms with van der Waals surface area (Å²) in [5.74, 6) is 1.10. The molecule has 0 fully saturated rings. The molecule has 1 aromatic rings. The topological polar surface area (TPSA) is 61.8 Å². The highest BCUT2D eigenvalue weighted by atomic mass is 16.3. The maximum absolute atomic E-state index is 9.67. The average Bonchev–Trinajstić information content (AvgIpc) is 2.55. The van der Waals surface area contributed by atoms with Crippen molar-refractivity contribution in [1.82, 2.24) is 15.2 Å². The molecule has 74 valence electrons. The quantitative estimate of drug-likeness (QED) is 0.729. The number of aliphatic hydroxyl groups excluding tert-OH is 1. The predicted molar refractivity (Wildman–Crippen MR) is 50.0 cm³/mol. The van der Waals surface area contributed by atoms with Crippen LogP contribution >= 0.6 is 0 Å². The zero-order valence-corrected chi connectivity index (χ0v) is 8.20. The molecule has 0 amide bonds. The summed E-state index contributed by atoms with van der Waals surface area (Å²) in [5.41, 5.74) is 0. The summed E-state index contributed by atoms with van der Waals surface area (Å²) in [6, 6.07) is 0. The molecule has 0 aliphatic rings. The van der Waals surface area contributed by atoms with E-state index in [0.717, 1.165) is 19.3 Å². The van der Waals surface area contributed by atoms with Gasteiger partial charge < -0.3 is 5.11 Å². The number of nitrogens with one attached hydrogen (secondary N) is 1. The monoisotopic (exact) mass is 183 g/mol. The zero-order valence-electron chi connectivity index (χ0n) is 8.20. The van der Waals surface area contributed by atoms with Crippen LogP contribution in [-0.2, 0) is 0 Å². The third kappa shape index (κ3) is 3.14. The van der Waals surface area contributed by atoms with Gasteiger partial charge >= 0.3 is 0 Å². The van der Waals surface area contributed by atoms with Crippen LogP contribution in [0.5, 0.6) is 0 Å². The van der Waals surface area contributed by atoms with Gasteiger partial charge in [0.05, 0.1) is 0 Å². The molecule has 0 aliphatic heterocycles. The fourth-order valence-electron chi connectivity index (χ4n) is 1.48. The van der Waals surface area contributed by atoms with E-state index in [-0.39, 0.29) is 0 Å². The zero-order chi connectivity index (χ0) is 9.68. The van der Waals surface area contributed by atoms with Crippen molar-refractivity contribution in [3.8, 4) is 0 Å². The Hall–Kier alpha value is -0.900. The maximum Gasteiger partial charge on any atom is 0.153 e. The van der Waals surface area contributed by atoms with E-state index in [2.05, 4.69) is 29.0 Å². The molecule has 1 aromatic heterocycles. The number of H-pyrrole nitrogens is 1. The Morgan fingerprint density at radius 1 is 1.62 bits per heavy atom. The van der Waals surface area contributed by atoms with E-state index in [1.54, 1.807) is 0 Å². The number of rotatable bonds is 5. The minimum atomic E-state index is -0.496. The van der Waals surface area contributed by atoms with Gasteiger partial charge in [0.2, 0.25) is 0 Å². The average molecular weight is 183 g/mol. The molecule has 0 aromatic carbocycles. The first-order valence-corrected chi connectivity index (χ1v) is 4.77. The molecule has 0 spiro atoms. The molecular formula is C9H17N3O. The lowest BCUT2D eigenvalue weighted by molar-refractivity contribution is 0.136. The Kier molecular flexibility index (Phi) is 3.89. The number of aromatic amines is 1. The van der Waals surface area contributed by atoms with E-state index < -0.39 is 6.10 Å². The van der Waals surface area contributed by atoms with E-state index in [1.807, 2.05) is 0 Å². The second-order valence-corrected chi connectivity index (χ2v) is 3.52. The van der Waals surface area contributed by atoms with Gasteiger partial charge in [-0.1, -0.05) is 26.7 Å². The molecular weight excluding hydrogens is 166 g/mol. The normalized spacial score (nSPS) is 15.6. The molecule has 0 radical (unpaired) electrons. The van der Waals surface area contributed by atoms with Gasteiger partial charge in [-0.15, -0.1) is 0 Å². The molecule has 4 nitrogen and oxygen atoms in total. The minimum absolute atomic E-state index is 0.496. The van der Waals surface area contributed by atoms with Gasteiger partial charge in [0.25, 0.3) is 0 Å². The summed E-state index contributed by atoms with van der Waals surface area (Å²) in [6.45, 7) is 4.29. The lowest BCUT2D eigenvalue weighted by Crippen LogP contribution is -2.06. The predicted octanol–water partition coefficient (Wildman–Crippen LogP) is 1.66. The number of hydrogen-bond acceptors (Lipinski definition) is 3. The summed E-state index contributed by atoms with van der Waals surface area (Å²) in [7, 11) is 0. The first kappa shape index (κ1) is 10.2. The number of aromatic nitrogens is 3. The summed E-state index contributed by atoms with van der Waals surface area (Å²) in [6.07, 6.45) is 3.98. The van der Waals surface area contributed by atoms with Crippen molar-refractivity contribution in [1.29, 1.82) is 0 Å². The summed E-state index contributed by atoms with van der Waals surface area (Å²) in [5, 5.41) is 16.0. The fraction of sp³-hybridized carbons (Fsp3) is 0.778. The standard InChI is InChI=1S/C9H17N3O/c1-3-4-7(2)5-8(13)9-10-6-11-12-9/h6-8,13H,3-5H2,1-2H3,(H,10,11,12). The van der Waals surface area contributed by atoms with Crippen LogP contribution in [0.25, 0.3) is 0 Å². The molecule has 4 heteroatoms. The summed E-state index contributed by atoms with van der Waals surface area (Å²) < 4.78 is 0. The van der Waals surface area contributed by atoms with E-state index in [9.17, 15) is 5.11 Å². The van der Waals surface area contributed by atoms with Crippen molar-refractivity contribution in [3.05, 3.63) is 12.2 Å². The highest BCUT2D eigenvalue weighted by Gasteiger charge is 2.13. The van der Waals surface area contributed by atoms with Gasteiger partial charge in [-0.2, -0.15) is 5.10 Å². The lowest BCUT2D eigenvalue weighted by atomic mass is 9.98. The Balaban J connectivity index is 2.37. The maximum atomic E-state index is 9.67. The van der Waals surface area contributed by atoms with Crippen LogP contribution in [0.4, 0.5) is 0 Å². The van der Waals surface area contributed by atoms with Gasteiger partial charge in [0.1, 0.15) is 12.4 Å². The highest BCUT2D eigenvalue weighted by molar-refractivity contribution is 4.86. The molecule has 0 saturated heterocycles. The molecule has 0 aliphatic carbocycles. The lowest BCUT2D eigenvalue weighted by Gasteiger charge is -2.13.